The predicted molar refractivity (Wildman–Crippen MR) is 170 cm³/mol. The first kappa shape index (κ1) is 29.4. The minimum atomic E-state index is -0.518. The van der Waals surface area contributed by atoms with Crippen LogP contribution in [0.1, 0.15) is 42.0 Å². The zero-order chi connectivity index (χ0) is 31.7. The number of rotatable bonds is 9. The molecule has 0 radical (unpaired) electrons. The second-order valence-electron chi connectivity index (χ2n) is 10.8. The summed E-state index contributed by atoms with van der Waals surface area (Å²) < 4.78 is 23.7. The molecule has 0 bridgehead atoms. The van der Waals surface area contributed by atoms with Crippen LogP contribution in [0.5, 0.6) is 23.0 Å². The van der Waals surface area contributed by atoms with Crippen molar-refractivity contribution >= 4 is 22.8 Å². The number of nitro groups is 1. The number of hydrogen-bond donors (Lipinski definition) is 0. The maximum Gasteiger partial charge on any atom is 0.311 e. The van der Waals surface area contributed by atoms with Crippen molar-refractivity contribution in [2.75, 3.05) is 13.9 Å². The molecule has 1 aliphatic heterocycles. The highest BCUT2D eigenvalue weighted by Crippen LogP contribution is 2.36. The van der Waals surface area contributed by atoms with Gasteiger partial charge in [0.25, 0.3) is 5.56 Å². The summed E-state index contributed by atoms with van der Waals surface area (Å²) in [6.07, 6.45) is 1.38. The molecule has 2 heterocycles. The molecule has 5 aromatic rings. The van der Waals surface area contributed by atoms with E-state index in [2.05, 4.69) is 18.9 Å². The quantitative estimate of drug-likeness (QED) is 0.104. The van der Waals surface area contributed by atoms with E-state index in [4.69, 9.17) is 23.9 Å². The molecule has 0 aliphatic carbocycles. The van der Waals surface area contributed by atoms with Crippen molar-refractivity contribution in [1.29, 1.82) is 0 Å². The van der Waals surface area contributed by atoms with E-state index < -0.39 is 4.92 Å². The Labute approximate surface area is 258 Å². The topological polar surface area (TPSA) is 127 Å². The zero-order valence-electron chi connectivity index (χ0n) is 25.1. The molecule has 228 valence electrons. The number of fused-ring (bicyclic) bond motifs is 2. The summed E-state index contributed by atoms with van der Waals surface area (Å²) in [5.41, 5.74) is 3.43. The van der Waals surface area contributed by atoms with Crippen molar-refractivity contribution in [3.63, 3.8) is 0 Å². The summed E-state index contributed by atoms with van der Waals surface area (Å²) in [7, 11) is 1.63. The van der Waals surface area contributed by atoms with Gasteiger partial charge in [-0.05, 0) is 72.0 Å². The van der Waals surface area contributed by atoms with Crippen LogP contribution in [-0.4, -0.2) is 34.7 Å². The standard InChI is InChI=1S/C34H30N4O7/c1-20(2)25-16-26(21(3)14-30(25)42-4)33-36-27-10-6-5-9-24(27)34(39)37(33)35-17-23-8-7-11-28(38(40)41)32(23)43-18-22-12-13-29-31(15-22)45-19-44-29/h5-17,20H,18-19H2,1-4H3. The van der Waals surface area contributed by atoms with Gasteiger partial charge >= 0.3 is 5.69 Å². The smallest absolute Gasteiger partial charge is 0.311 e. The molecule has 11 heteroatoms. The second kappa shape index (κ2) is 12.1. The SMILES string of the molecule is COc1cc(C)c(-c2nc3ccccc3c(=O)n2N=Cc2cccc([N+](=O)[O-])c2OCc2ccc3c(c2)OCO3)cc1C(C)C. The van der Waals surface area contributed by atoms with E-state index in [1.54, 1.807) is 49.6 Å². The predicted octanol–water partition coefficient (Wildman–Crippen LogP) is 6.60. The summed E-state index contributed by atoms with van der Waals surface area (Å²) in [4.78, 5) is 30.2. The van der Waals surface area contributed by atoms with Crippen LogP contribution in [0, 0.1) is 17.0 Å². The first-order chi connectivity index (χ1) is 21.7. The van der Waals surface area contributed by atoms with Crippen molar-refractivity contribution < 1.29 is 23.9 Å². The van der Waals surface area contributed by atoms with Crippen LogP contribution in [0.15, 0.2) is 82.7 Å². The molecule has 0 saturated carbocycles. The van der Waals surface area contributed by atoms with Crippen LogP contribution in [0.4, 0.5) is 5.69 Å². The molecule has 0 unspecified atom stereocenters. The molecule has 0 amide bonds. The molecule has 6 rings (SSSR count). The fourth-order valence-electron chi connectivity index (χ4n) is 5.22. The third-order valence-electron chi connectivity index (χ3n) is 7.55. The van der Waals surface area contributed by atoms with E-state index in [-0.39, 0.29) is 36.3 Å². The molecule has 0 spiro atoms. The minimum Gasteiger partial charge on any atom is -0.496 e. The van der Waals surface area contributed by atoms with Crippen LogP contribution in [0.2, 0.25) is 0 Å². The molecule has 0 saturated heterocycles. The fraction of sp³-hybridized carbons (Fsp3) is 0.206. The van der Waals surface area contributed by atoms with E-state index in [0.29, 0.717) is 39.4 Å². The molecule has 4 aromatic carbocycles. The van der Waals surface area contributed by atoms with Crippen molar-refractivity contribution in [3.05, 3.63) is 116 Å². The lowest BCUT2D eigenvalue weighted by atomic mass is 9.96. The lowest BCUT2D eigenvalue weighted by Gasteiger charge is -2.17. The van der Waals surface area contributed by atoms with Crippen LogP contribution < -0.4 is 24.5 Å². The van der Waals surface area contributed by atoms with Crippen LogP contribution >= 0.6 is 0 Å². The van der Waals surface area contributed by atoms with Gasteiger partial charge in [-0.25, -0.2) is 4.98 Å². The molecule has 0 fully saturated rings. The summed E-state index contributed by atoms with van der Waals surface area (Å²) in [5.74, 6) is 2.41. The fourth-order valence-corrected chi connectivity index (χ4v) is 5.22. The van der Waals surface area contributed by atoms with Crippen molar-refractivity contribution in [2.24, 2.45) is 5.10 Å². The second-order valence-corrected chi connectivity index (χ2v) is 10.8. The Kier molecular flexibility index (Phi) is 7.91. The highest BCUT2D eigenvalue weighted by Gasteiger charge is 2.21. The number of nitro benzene ring substituents is 1. The molecule has 1 aromatic heterocycles. The van der Waals surface area contributed by atoms with Gasteiger partial charge in [0, 0.05) is 17.2 Å². The third kappa shape index (κ3) is 5.67. The Balaban J connectivity index is 1.46. The van der Waals surface area contributed by atoms with Crippen molar-refractivity contribution in [1.82, 2.24) is 9.66 Å². The van der Waals surface area contributed by atoms with Gasteiger partial charge in [0.15, 0.2) is 17.3 Å². The summed E-state index contributed by atoms with van der Waals surface area (Å²) in [5, 5.41) is 17.0. The first-order valence-electron chi connectivity index (χ1n) is 14.3. The molecular formula is C34H30N4O7. The number of benzene rings is 4. The number of hydrogen-bond acceptors (Lipinski definition) is 9. The Bertz CT molecular complexity index is 2030. The van der Waals surface area contributed by atoms with E-state index in [0.717, 1.165) is 22.4 Å². The lowest BCUT2D eigenvalue weighted by Crippen LogP contribution is -2.21. The molecule has 45 heavy (non-hydrogen) atoms. The normalized spacial score (nSPS) is 12.3. The van der Waals surface area contributed by atoms with E-state index in [9.17, 15) is 14.9 Å². The highest BCUT2D eigenvalue weighted by molar-refractivity contribution is 5.86. The average Bonchev–Trinajstić information content (AvgIpc) is 3.51. The Hall–Kier alpha value is -5.71. The molecule has 0 atom stereocenters. The number of nitrogens with zero attached hydrogens (tertiary/aromatic N) is 4. The maximum atomic E-state index is 13.9. The molecule has 1 aliphatic rings. The van der Waals surface area contributed by atoms with Gasteiger partial charge in [-0.15, -0.1) is 0 Å². The Morgan fingerprint density at radius 2 is 1.87 bits per heavy atom. The van der Waals surface area contributed by atoms with E-state index in [1.807, 2.05) is 25.1 Å². The number of aryl methyl sites for hydroxylation is 1. The van der Waals surface area contributed by atoms with Crippen molar-refractivity contribution in [3.8, 4) is 34.4 Å². The third-order valence-corrected chi connectivity index (χ3v) is 7.55. The first-order valence-corrected chi connectivity index (χ1v) is 14.3. The van der Waals surface area contributed by atoms with Gasteiger partial charge in [-0.3, -0.25) is 14.9 Å². The van der Waals surface area contributed by atoms with Gasteiger partial charge < -0.3 is 18.9 Å². The average molecular weight is 607 g/mol. The summed E-state index contributed by atoms with van der Waals surface area (Å²) in [6.45, 7) is 6.19. The number of ether oxygens (including phenoxy) is 4. The Morgan fingerprint density at radius 3 is 2.64 bits per heavy atom. The maximum absolute atomic E-state index is 13.9. The molecule has 11 nitrogen and oxygen atoms in total. The van der Waals surface area contributed by atoms with E-state index in [1.165, 1.54) is 23.0 Å². The van der Waals surface area contributed by atoms with Gasteiger partial charge in [-0.1, -0.05) is 38.1 Å². The van der Waals surface area contributed by atoms with Gasteiger partial charge in [0.2, 0.25) is 12.5 Å². The van der Waals surface area contributed by atoms with Gasteiger partial charge in [0.05, 0.1) is 29.2 Å². The van der Waals surface area contributed by atoms with Crippen molar-refractivity contribution in [2.45, 2.75) is 33.3 Å². The number of para-hydroxylation sites is 2. The van der Waals surface area contributed by atoms with Crippen LogP contribution in [0.25, 0.3) is 22.3 Å². The van der Waals surface area contributed by atoms with Gasteiger partial charge in [-0.2, -0.15) is 9.78 Å². The zero-order valence-corrected chi connectivity index (χ0v) is 25.1. The van der Waals surface area contributed by atoms with E-state index >= 15 is 0 Å². The number of aromatic nitrogens is 2. The van der Waals surface area contributed by atoms with Crippen LogP contribution in [-0.2, 0) is 6.61 Å². The number of methoxy groups -OCH3 is 1. The molecule has 0 N–H and O–H groups in total. The molecular weight excluding hydrogens is 576 g/mol. The van der Waals surface area contributed by atoms with Crippen LogP contribution in [0.3, 0.4) is 0 Å². The largest absolute Gasteiger partial charge is 0.496 e. The highest BCUT2D eigenvalue weighted by atomic mass is 16.7. The summed E-state index contributed by atoms with van der Waals surface area (Å²) >= 11 is 0. The summed E-state index contributed by atoms with van der Waals surface area (Å²) in [6, 6.07) is 20.8. The lowest BCUT2D eigenvalue weighted by molar-refractivity contribution is -0.385. The van der Waals surface area contributed by atoms with Gasteiger partial charge in [0.1, 0.15) is 12.4 Å². The monoisotopic (exact) mass is 606 g/mol. The Morgan fingerprint density at radius 1 is 1.07 bits per heavy atom. The minimum absolute atomic E-state index is 0.00925.